The maximum atomic E-state index is 12.8. The van der Waals surface area contributed by atoms with Crippen LogP contribution in [0.25, 0.3) is 11.0 Å². The van der Waals surface area contributed by atoms with Crippen LogP contribution in [0.3, 0.4) is 0 Å². The molecule has 3 heterocycles. The van der Waals surface area contributed by atoms with Gasteiger partial charge in [-0.2, -0.15) is 5.10 Å². The third kappa shape index (κ3) is 3.80. The first-order chi connectivity index (χ1) is 14.3. The molecule has 3 aromatic rings. The molecule has 1 atom stereocenters. The first kappa shape index (κ1) is 20.1. The Hall–Kier alpha value is -3.21. The van der Waals surface area contributed by atoms with Gasteiger partial charge < -0.3 is 10.1 Å². The largest absolute Gasteiger partial charge is 0.495 e. The normalized spacial score (nSPS) is 17.9. The molecule has 4 rings (SSSR count). The third-order valence-corrected chi connectivity index (χ3v) is 6.83. The summed E-state index contributed by atoms with van der Waals surface area (Å²) >= 11 is 0. The van der Waals surface area contributed by atoms with E-state index in [1.54, 1.807) is 12.1 Å². The zero-order valence-electron chi connectivity index (χ0n) is 16.5. The number of nitrogens with zero attached hydrogens (tertiary/aromatic N) is 4. The molecule has 1 unspecified atom stereocenters. The fourth-order valence-corrected chi connectivity index (χ4v) is 5.27. The maximum absolute atomic E-state index is 12.8. The number of carbonyl (C=O) groups is 1. The molecule has 1 amide bonds. The number of aryl methyl sites for hydroxylation is 1. The van der Waals surface area contributed by atoms with Gasteiger partial charge in [0.2, 0.25) is 5.91 Å². The highest BCUT2D eigenvalue weighted by molar-refractivity contribution is 7.91. The smallest absolute Gasteiger partial charge is 0.264 e. The molecule has 1 N–H and O–H groups in total. The summed E-state index contributed by atoms with van der Waals surface area (Å²) in [5.74, 6) is 0.188. The minimum Gasteiger partial charge on any atom is -0.495 e. The van der Waals surface area contributed by atoms with E-state index in [2.05, 4.69) is 15.4 Å². The average molecular weight is 431 g/mol. The van der Waals surface area contributed by atoms with Gasteiger partial charge in [0, 0.05) is 0 Å². The summed E-state index contributed by atoms with van der Waals surface area (Å²) in [6, 6.07) is 5.06. The molecule has 1 fully saturated rings. The van der Waals surface area contributed by atoms with Crippen LogP contribution in [-0.2, 0) is 21.2 Å². The maximum Gasteiger partial charge on any atom is 0.264 e. The van der Waals surface area contributed by atoms with E-state index in [9.17, 15) is 18.0 Å². The van der Waals surface area contributed by atoms with Crippen LogP contribution < -0.4 is 15.6 Å². The Balaban J connectivity index is 1.57. The van der Waals surface area contributed by atoms with Crippen LogP contribution in [-0.4, -0.2) is 52.3 Å². The molecule has 30 heavy (non-hydrogen) atoms. The summed E-state index contributed by atoms with van der Waals surface area (Å²) in [5.41, 5.74) is 1.37. The van der Waals surface area contributed by atoms with E-state index >= 15 is 0 Å². The van der Waals surface area contributed by atoms with Crippen LogP contribution in [0.1, 0.15) is 18.0 Å². The minimum absolute atomic E-state index is 0.0186. The van der Waals surface area contributed by atoms with Gasteiger partial charge in [-0.15, -0.1) is 0 Å². The van der Waals surface area contributed by atoms with E-state index in [0.29, 0.717) is 23.5 Å². The molecular weight excluding hydrogens is 410 g/mol. The molecule has 0 saturated carbocycles. The molecule has 0 spiro atoms. The highest BCUT2D eigenvalue weighted by Gasteiger charge is 2.31. The van der Waals surface area contributed by atoms with Gasteiger partial charge in [0.15, 0.2) is 15.5 Å². The summed E-state index contributed by atoms with van der Waals surface area (Å²) in [5, 5.41) is 7.17. The van der Waals surface area contributed by atoms with Crippen molar-refractivity contribution in [3.63, 3.8) is 0 Å². The van der Waals surface area contributed by atoms with Gasteiger partial charge >= 0.3 is 0 Å². The number of rotatable bonds is 5. The number of anilines is 1. The molecule has 1 aromatic carbocycles. The standard InChI is InChI=1S/C19H21N5O5S/c1-12-3-4-16(29-2)15(7-12)22-17(25)9-23-11-20-18-14(19(23)26)8-21-24(18)13-5-6-30(27,28)10-13/h3-4,7-8,11,13H,5-6,9-10H2,1-2H3,(H,22,25). The van der Waals surface area contributed by atoms with E-state index in [0.717, 1.165) is 5.56 Å². The number of hydrogen-bond donors (Lipinski definition) is 1. The molecule has 1 saturated heterocycles. The Bertz CT molecular complexity index is 1290. The Labute approximate surface area is 172 Å². The van der Waals surface area contributed by atoms with Crippen LogP contribution in [0.5, 0.6) is 5.75 Å². The molecule has 0 radical (unpaired) electrons. The van der Waals surface area contributed by atoms with Crippen LogP contribution >= 0.6 is 0 Å². The number of benzene rings is 1. The lowest BCUT2D eigenvalue weighted by atomic mass is 10.2. The molecule has 0 bridgehead atoms. The molecule has 1 aliphatic heterocycles. The molecule has 11 heteroatoms. The van der Waals surface area contributed by atoms with E-state index in [1.807, 2.05) is 13.0 Å². The summed E-state index contributed by atoms with van der Waals surface area (Å²) in [6.45, 7) is 1.66. The van der Waals surface area contributed by atoms with Crippen molar-refractivity contribution in [3.05, 3.63) is 46.6 Å². The van der Waals surface area contributed by atoms with E-state index in [4.69, 9.17) is 4.74 Å². The van der Waals surface area contributed by atoms with Crippen LogP contribution in [0, 0.1) is 6.92 Å². The van der Waals surface area contributed by atoms with Crippen molar-refractivity contribution in [2.75, 3.05) is 23.9 Å². The number of ether oxygens (including phenoxy) is 1. The van der Waals surface area contributed by atoms with Gasteiger partial charge in [0.1, 0.15) is 24.0 Å². The quantitative estimate of drug-likeness (QED) is 0.636. The van der Waals surface area contributed by atoms with Crippen molar-refractivity contribution in [1.29, 1.82) is 0 Å². The Kier molecular flexibility index (Phi) is 5.06. The number of hydrogen-bond acceptors (Lipinski definition) is 7. The Morgan fingerprint density at radius 3 is 2.87 bits per heavy atom. The fraction of sp³-hybridized carbons (Fsp3) is 0.368. The first-order valence-electron chi connectivity index (χ1n) is 9.35. The number of methoxy groups -OCH3 is 1. The lowest BCUT2D eigenvalue weighted by Gasteiger charge is -2.12. The minimum atomic E-state index is -3.10. The van der Waals surface area contributed by atoms with Crippen LogP contribution in [0.4, 0.5) is 5.69 Å². The van der Waals surface area contributed by atoms with Crippen molar-refractivity contribution in [2.45, 2.75) is 25.9 Å². The Morgan fingerprint density at radius 1 is 1.37 bits per heavy atom. The van der Waals surface area contributed by atoms with E-state index < -0.39 is 21.3 Å². The number of amides is 1. The van der Waals surface area contributed by atoms with Crippen molar-refractivity contribution in [2.24, 2.45) is 0 Å². The zero-order valence-corrected chi connectivity index (χ0v) is 17.3. The predicted molar refractivity (Wildman–Crippen MR) is 110 cm³/mol. The highest BCUT2D eigenvalue weighted by Crippen LogP contribution is 2.26. The van der Waals surface area contributed by atoms with Gasteiger partial charge in [-0.1, -0.05) is 6.07 Å². The average Bonchev–Trinajstić information content (AvgIpc) is 3.27. The van der Waals surface area contributed by atoms with Crippen molar-refractivity contribution < 1.29 is 17.9 Å². The number of aromatic nitrogens is 4. The van der Waals surface area contributed by atoms with Gasteiger partial charge in [0.05, 0.1) is 36.5 Å². The topological polar surface area (TPSA) is 125 Å². The molecule has 1 aliphatic rings. The molecule has 158 valence electrons. The van der Waals surface area contributed by atoms with E-state index in [-0.39, 0.29) is 29.5 Å². The lowest BCUT2D eigenvalue weighted by molar-refractivity contribution is -0.116. The summed E-state index contributed by atoms with van der Waals surface area (Å²) in [4.78, 5) is 29.6. The summed E-state index contributed by atoms with van der Waals surface area (Å²) < 4.78 is 31.4. The predicted octanol–water partition coefficient (Wildman–Crippen LogP) is 0.908. The van der Waals surface area contributed by atoms with Crippen LogP contribution in [0.2, 0.25) is 0 Å². The first-order valence-corrected chi connectivity index (χ1v) is 11.2. The lowest BCUT2D eigenvalue weighted by Crippen LogP contribution is -2.28. The van der Waals surface area contributed by atoms with Gasteiger partial charge in [-0.3, -0.25) is 14.2 Å². The monoisotopic (exact) mass is 431 g/mol. The number of sulfone groups is 1. The van der Waals surface area contributed by atoms with Crippen LogP contribution in [0.15, 0.2) is 35.5 Å². The van der Waals surface area contributed by atoms with Gasteiger partial charge in [0.25, 0.3) is 5.56 Å². The van der Waals surface area contributed by atoms with Crippen molar-refractivity contribution in [3.8, 4) is 5.75 Å². The SMILES string of the molecule is COc1ccc(C)cc1NC(=O)Cn1cnc2c(cnn2C2CCS(=O)(=O)C2)c1=O. The molecular formula is C19H21N5O5S. The number of carbonyl (C=O) groups excluding carboxylic acids is 1. The Morgan fingerprint density at radius 2 is 2.17 bits per heavy atom. The second kappa shape index (κ2) is 7.56. The second-order valence-electron chi connectivity index (χ2n) is 7.31. The molecule has 2 aromatic heterocycles. The second-order valence-corrected chi connectivity index (χ2v) is 9.54. The summed E-state index contributed by atoms with van der Waals surface area (Å²) in [6.07, 6.45) is 3.08. The number of fused-ring (bicyclic) bond motifs is 1. The third-order valence-electron chi connectivity index (χ3n) is 5.08. The van der Waals surface area contributed by atoms with Crippen molar-refractivity contribution >= 4 is 32.5 Å². The van der Waals surface area contributed by atoms with Gasteiger partial charge in [-0.25, -0.2) is 18.1 Å². The van der Waals surface area contributed by atoms with Gasteiger partial charge in [-0.05, 0) is 31.0 Å². The zero-order chi connectivity index (χ0) is 21.5. The van der Waals surface area contributed by atoms with E-state index in [1.165, 1.54) is 28.9 Å². The summed E-state index contributed by atoms with van der Waals surface area (Å²) in [7, 11) is -1.59. The van der Waals surface area contributed by atoms with Crippen molar-refractivity contribution in [1.82, 2.24) is 19.3 Å². The highest BCUT2D eigenvalue weighted by atomic mass is 32.2. The number of nitrogens with one attached hydrogen (secondary N) is 1. The molecule has 0 aliphatic carbocycles. The fourth-order valence-electron chi connectivity index (χ4n) is 3.58. The molecule has 10 nitrogen and oxygen atoms in total.